The number of halogens is 2. The summed E-state index contributed by atoms with van der Waals surface area (Å²) in [5, 5.41) is 0.702. The van der Waals surface area contributed by atoms with E-state index in [1.54, 1.807) is 0 Å². The maximum atomic E-state index is 12.8. The van der Waals surface area contributed by atoms with Crippen LogP contribution < -0.4 is 10.5 Å². The van der Waals surface area contributed by atoms with Crippen LogP contribution in [0.25, 0.3) is 0 Å². The number of nitrogens with zero attached hydrogens (tertiary/aromatic N) is 1. The zero-order chi connectivity index (χ0) is 18.5. The Morgan fingerprint density at radius 2 is 2.04 bits per heavy atom. The molecule has 6 heteroatoms. The molecule has 0 saturated carbocycles. The summed E-state index contributed by atoms with van der Waals surface area (Å²) in [6, 6.07) is 15.0. The van der Waals surface area contributed by atoms with E-state index >= 15 is 0 Å². The number of hydrogen-bond donors (Lipinski definition) is 1. The zero-order valence-electron chi connectivity index (χ0n) is 15.4. The summed E-state index contributed by atoms with van der Waals surface area (Å²) in [6.07, 6.45) is 2.09. The maximum Gasteiger partial charge on any atom is 0.253 e. The summed E-state index contributed by atoms with van der Waals surface area (Å²) in [4.78, 5) is 14.8. The van der Waals surface area contributed by atoms with Crippen molar-refractivity contribution in [2.24, 2.45) is 11.7 Å². The van der Waals surface area contributed by atoms with Gasteiger partial charge in [0.2, 0.25) is 0 Å². The molecule has 1 amide bonds. The van der Waals surface area contributed by atoms with Gasteiger partial charge in [0.15, 0.2) is 0 Å². The van der Waals surface area contributed by atoms with Gasteiger partial charge in [-0.3, -0.25) is 4.79 Å². The molecule has 2 N–H and O–H groups in total. The Bertz CT molecular complexity index is 750. The normalized spacial score (nSPS) is 17.7. The van der Waals surface area contributed by atoms with Gasteiger partial charge in [-0.25, -0.2) is 0 Å². The number of benzene rings is 2. The third-order valence-corrected chi connectivity index (χ3v) is 5.14. The van der Waals surface area contributed by atoms with Crippen molar-refractivity contribution >= 4 is 29.9 Å². The predicted octanol–water partition coefficient (Wildman–Crippen LogP) is 4.54. The number of carbonyl (C=O) groups excluding carboxylic acids is 1. The monoisotopic (exact) mass is 408 g/mol. The molecule has 3 rings (SSSR count). The van der Waals surface area contributed by atoms with Gasteiger partial charge >= 0.3 is 0 Å². The molecule has 1 fully saturated rings. The molecule has 146 valence electrons. The number of ether oxygens (including phenoxy) is 1. The smallest absolute Gasteiger partial charge is 0.253 e. The number of carbonyl (C=O) groups is 1. The molecule has 4 nitrogen and oxygen atoms in total. The van der Waals surface area contributed by atoms with Gasteiger partial charge in [0.25, 0.3) is 5.91 Å². The summed E-state index contributed by atoms with van der Waals surface area (Å²) in [6.45, 7) is 3.97. The van der Waals surface area contributed by atoms with Gasteiger partial charge in [-0.05, 0) is 61.6 Å². The van der Waals surface area contributed by atoms with E-state index in [1.165, 1.54) is 0 Å². The summed E-state index contributed by atoms with van der Waals surface area (Å²) < 4.78 is 5.84. The van der Waals surface area contributed by atoms with E-state index < -0.39 is 0 Å². The first kappa shape index (κ1) is 21.5. The third kappa shape index (κ3) is 5.86. The van der Waals surface area contributed by atoms with Gasteiger partial charge in [0.1, 0.15) is 12.4 Å². The quantitative estimate of drug-likeness (QED) is 0.789. The molecular formula is C21H26Cl2N2O2. The summed E-state index contributed by atoms with van der Waals surface area (Å²) >= 11 is 5.90. The molecule has 2 atom stereocenters. The second-order valence-corrected chi connectivity index (χ2v) is 7.39. The van der Waals surface area contributed by atoms with Crippen LogP contribution in [0.1, 0.15) is 35.7 Å². The molecule has 2 aromatic rings. The van der Waals surface area contributed by atoms with Crippen LogP contribution in [-0.2, 0) is 6.61 Å². The second kappa shape index (κ2) is 9.98. The zero-order valence-corrected chi connectivity index (χ0v) is 17.0. The molecule has 1 saturated heterocycles. The molecule has 1 aliphatic heterocycles. The number of likely N-dealkylation sites (tertiary alicyclic amines) is 1. The van der Waals surface area contributed by atoms with Crippen LogP contribution in [0.4, 0.5) is 0 Å². The molecular weight excluding hydrogens is 383 g/mol. The first-order chi connectivity index (χ1) is 12.5. The molecule has 0 spiro atoms. The number of nitrogens with two attached hydrogens (primary N) is 1. The number of hydrogen-bond acceptors (Lipinski definition) is 3. The summed E-state index contributed by atoms with van der Waals surface area (Å²) in [5.41, 5.74) is 7.72. The molecule has 0 aliphatic carbocycles. The Hall–Kier alpha value is -1.75. The van der Waals surface area contributed by atoms with Crippen LogP contribution in [0, 0.1) is 5.92 Å². The molecule has 2 aromatic carbocycles. The highest BCUT2D eigenvalue weighted by molar-refractivity contribution is 6.30. The van der Waals surface area contributed by atoms with Crippen molar-refractivity contribution in [3.63, 3.8) is 0 Å². The Balaban J connectivity index is 0.00000261. The Kier molecular flexibility index (Phi) is 7.96. The standard InChI is InChI=1S/C21H25ClN2O2.ClH/c1-15(23)18-5-3-11-24(13-18)21(25)17-4-2-6-20(12-17)26-14-16-7-9-19(22)10-8-16;/h2,4,6-10,12,15,18H,3,5,11,13-14,23H2,1H3;1H. The van der Waals surface area contributed by atoms with Crippen LogP contribution in [-0.4, -0.2) is 29.9 Å². The molecule has 1 heterocycles. The van der Waals surface area contributed by atoms with Crippen LogP contribution in [0.5, 0.6) is 5.75 Å². The van der Waals surface area contributed by atoms with Crippen molar-refractivity contribution in [2.45, 2.75) is 32.4 Å². The first-order valence-corrected chi connectivity index (χ1v) is 9.43. The topological polar surface area (TPSA) is 55.6 Å². The molecule has 27 heavy (non-hydrogen) atoms. The minimum absolute atomic E-state index is 0. The number of rotatable bonds is 5. The third-order valence-electron chi connectivity index (χ3n) is 4.89. The van der Waals surface area contributed by atoms with Crippen molar-refractivity contribution in [1.82, 2.24) is 4.90 Å². The fourth-order valence-corrected chi connectivity index (χ4v) is 3.40. The fourth-order valence-electron chi connectivity index (χ4n) is 3.27. The van der Waals surface area contributed by atoms with Crippen LogP contribution in [0.2, 0.25) is 5.02 Å². The van der Waals surface area contributed by atoms with Gasteiger partial charge in [0.05, 0.1) is 0 Å². The lowest BCUT2D eigenvalue weighted by atomic mass is 9.92. The van der Waals surface area contributed by atoms with Crippen molar-refractivity contribution in [1.29, 1.82) is 0 Å². The Morgan fingerprint density at radius 1 is 1.30 bits per heavy atom. The minimum atomic E-state index is 0. The van der Waals surface area contributed by atoms with Crippen molar-refractivity contribution < 1.29 is 9.53 Å². The van der Waals surface area contributed by atoms with E-state index in [-0.39, 0.29) is 24.4 Å². The van der Waals surface area contributed by atoms with Crippen molar-refractivity contribution in [3.8, 4) is 5.75 Å². The minimum Gasteiger partial charge on any atom is -0.489 e. The number of piperidine rings is 1. The van der Waals surface area contributed by atoms with E-state index in [4.69, 9.17) is 22.1 Å². The second-order valence-electron chi connectivity index (χ2n) is 6.96. The first-order valence-electron chi connectivity index (χ1n) is 9.05. The highest BCUT2D eigenvalue weighted by atomic mass is 35.5. The van der Waals surface area contributed by atoms with E-state index in [2.05, 4.69) is 0 Å². The highest BCUT2D eigenvalue weighted by Crippen LogP contribution is 2.22. The van der Waals surface area contributed by atoms with Gasteiger partial charge in [-0.1, -0.05) is 29.8 Å². The van der Waals surface area contributed by atoms with E-state index in [1.807, 2.05) is 60.4 Å². The molecule has 0 radical (unpaired) electrons. The number of amides is 1. The van der Waals surface area contributed by atoms with E-state index in [0.717, 1.165) is 31.5 Å². The molecule has 0 aromatic heterocycles. The highest BCUT2D eigenvalue weighted by Gasteiger charge is 2.26. The Labute approximate surface area is 172 Å². The fraction of sp³-hybridized carbons (Fsp3) is 0.381. The SMILES string of the molecule is CC(N)C1CCCN(C(=O)c2cccc(OCc3ccc(Cl)cc3)c2)C1.Cl. The lowest BCUT2D eigenvalue weighted by Crippen LogP contribution is -2.45. The van der Waals surface area contributed by atoms with Crippen molar-refractivity contribution in [3.05, 3.63) is 64.7 Å². The lowest BCUT2D eigenvalue weighted by Gasteiger charge is -2.34. The van der Waals surface area contributed by atoms with E-state index in [9.17, 15) is 4.79 Å². The largest absolute Gasteiger partial charge is 0.489 e. The predicted molar refractivity (Wildman–Crippen MR) is 112 cm³/mol. The van der Waals surface area contributed by atoms with Gasteiger partial charge < -0.3 is 15.4 Å². The average molecular weight is 409 g/mol. The van der Waals surface area contributed by atoms with Crippen LogP contribution >= 0.6 is 24.0 Å². The van der Waals surface area contributed by atoms with E-state index in [0.29, 0.717) is 28.9 Å². The van der Waals surface area contributed by atoms with Gasteiger partial charge in [-0.15, -0.1) is 12.4 Å². The van der Waals surface area contributed by atoms with Gasteiger partial charge in [0, 0.05) is 29.7 Å². The maximum absolute atomic E-state index is 12.8. The van der Waals surface area contributed by atoms with Crippen molar-refractivity contribution in [2.75, 3.05) is 13.1 Å². The van der Waals surface area contributed by atoms with Gasteiger partial charge in [-0.2, -0.15) is 0 Å². The molecule has 1 aliphatic rings. The van der Waals surface area contributed by atoms with Crippen LogP contribution in [0.15, 0.2) is 48.5 Å². The Morgan fingerprint density at radius 3 is 2.74 bits per heavy atom. The summed E-state index contributed by atoms with van der Waals surface area (Å²) in [7, 11) is 0. The van der Waals surface area contributed by atoms with Crippen LogP contribution in [0.3, 0.4) is 0 Å². The molecule has 2 unspecified atom stereocenters. The lowest BCUT2D eigenvalue weighted by molar-refractivity contribution is 0.0660. The summed E-state index contributed by atoms with van der Waals surface area (Å²) in [5.74, 6) is 1.11. The molecule has 0 bridgehead atoms. The average Bonchev–Trinajstić information content (AvgIpc) is 2.67.